The molecule has 0 saturated heterocycles. The van der Waals surface area contributed by atoms with Crippen LogP contribution in [0, 0.1) is 11.3 Å². The van der Waals surface area contributed by atoms with E-state index in [1.807, 2.05) is 6.07 Å². The molecule has 0 N–H and O–H groups in total. The third kappa shape index (κ3) is 4.94. The maximum atomic E-state index is 10.4. The van der Waals surface area contributed by atoms with Crippen molar-refractivity contribution in [1.82, 2.24) is 4.57 Å². The molecule has 2 nitrogen and oxygen atoms in total. The van der Waals surface area contributed by atoms with E-state index in [0.717, 1.165) is 39.0 Å². The molecule has 0 aliphatic rings. The van der Waals surface area contributed by atoms with Crippen molar-refractivity contribution in [2.24, 2.45) is 0 Å². The first-order valence-corrected chi connectivity index (χ1v) is 18.0. The van der Waals surface area contributed by atoms with Crippen LogP contribution in [-0.2, 0) is 0 Å². The lowest BCUT2D eigenvalue weighted by atomic mass is 9.85. The smallest absolute Gasteiger partial charge is 0.0998 e. The van der Waals surface area contributed by atoms with Gasteiger partial charge in [0.2, 0.25) is 0 Å². The maximum Gasteiger partial charge on any atom is 0.0998 e. The molecule has 2 heteroatoms. The summed E-state index contributed by atoms with van der Waals surface area (Å²) in [6.45, 7) is 0. The van der Waals surface area contributed by atoms with Crippen molar-refractivity contribution in [2.45, 2.75) is 0 Å². The summed E-state index contributed by atoms with van der Waals surface area (Å²) >= 11 is 0. The number of aromatic nitrogens is 1. The fraction of sp³-hybridized carbons (Fsp3) is 0. The Kier molecular flexibility index (Phi) is 7.23. The fourth-order valence-electron chi connectivity index (χ4n) is 8.33. The zero-order chi connectivity index (χ0) is 35.3. The number of para-hydroxylation sites is 2. The third-order valence-corrected chi connectivity index (χ3v) is 10.7. The van der Waals surface area contributed by atoms with Crippen molar-refractivity contribution >= 4 is 43.4 Å². The van der Waals surface area contributed by atoms with Gasteiger partial charge in [-0.2, -0.15) is 5.26 Å². The molecule has 1 aromatic heterocycles. The molecule has 10 aromatic rings. The van der Waals surface area contributed by atoms with E-state index in [1.165, 1.54) is 54.6 Å². The lowest BCUT2D eigenvalue weighted by Crippen LogP contribution is -1.97. The second-order valence-corrected chi connectivity index (χ2v) is 13.5. The van der Waals surface area contributed by atoms with Crippen LogP contribution in [-0.4, -0.2) is 4.57 Å². The minimum absolute atomic E-state index is 0.648. The van der Waals surface area contributed by atoms with Gasteiger partial charge in [-0.15, -0.1) is 0 Å². The van der Waals surface area contributed by atoms with Crippen molar-refractivity contribution in [3.8, 4) is 56.3 Å². The monoisotopic (exact) mass is 672 g/mol. The number of hydrogen-bond acceptors (Lipinski definition) is 1. The molecule has 0 bridgehead atoms. The standard InChI is InChI=1S/C51H32N2/c52-33-37-30-31-38(53-48-24-12-10-18-41(48)42-19-11-13-25-49(42)53)32-47(37)40-17-5-4-16-39(40)34-26-28-36(29-27-34)51-45-22-8-6-20-43(45)50(35-14-2-1-3-15-35)44-21-7-9-23-46(44)51/h1-32H. The van der Waals surface area contributed by atoms with Crippen LogP contribution in [0.3, 0.4) is 0 Å². The van der Waals surface area contributed by atoms with Crippen molar-refractivity contribution in [3.05, 3.63) is 200 Å². The summed E-state index contributed by atoms with van der Waals surface area (Å²) in [4.78, 5) is 0. The molecule has 0 aliphatic carbocycles. The van der Waals surface area contributed by atoms with Crippen LogP contribution in [0.4, 0.5) is 0 Å². The minimum Gasteiger partial charge on any atom is -0.309 e. The Morgan fingerprint density at radius 1 is 0.340 bits per heavy atom. The zero-order valence-electron chi connectivity index (χ0n) is 28.9. The predicted octanol–water partition coefficient (Wildman–Crippen LogP) is 13.6. The van der Waals surface area contributed by atoms with E-state index in [4.69, 9.17) is 0 Å². The molecule has 53 heavy (non-hydrogen) atoms. The first-order valence-electron chi connectivity index (χ1n) is 18.0. The highest BCUT2D eigenvalue weighted by Gasteiger charge is 2.18. The molecule has 0 saturated carbocycles. The summed E-state index contributed by atoms with van der Waals surface area (Å²) in [5.74, 6) is 0. The molecule has 246 valence electrons. The van der Waals surface area contributed by atoms with Gasteiger partial charge in [0.05, 0.1) is 22.7 Å². The highest BCUT2D eigenvalue weighted by Crippen LogP contribution is 2.44. The normalized spacial score (nSPS) is 11.4. The van der Waals surface area contributed by atoms with Gasteiger partial charge in [-0.05, 0) is 90.8 Å². The van der Waals surface area contributed by atoms with E-state index in [0.29, 0.717) is 5.56 Å². The average Bonchev–Trinajstić information content (AvgIpc) is 3.57. The van der Waals surface area contributed by atoms with Crippen LogP contribution in [0.25, 0.3) is 93.5 Å². The number of fused-ring (bicyclic) bond motifs is 5. The van der Waals surface area contributed by atoms with Crippen molar-refractivity contribution in [2.75, 3.05) is 0 Å². The summed E-state index contributed by atoms with van der Waals surface area (Å²) in [6, 6.07) is 71.4. The van der Waals surface area contributed by atoms with Crippen molar-refractivity contribution in [1.29, 1.82) is 5.26 Å². The predicted molar refractivity (Wildman–Crippen MR) is 222 cm³/mol. The topological polar surface area (TPSA) is 28.7 Å². The van der Waals surface area contributed by atoms with Gasteiger partial charge in [0.15, 0.2) is 0 Å². The molecule has 0 spiro atoms. The third-order valence-electron chi connectivity index (χ3n) is 10.7. The van der Waals surface area contributed by atoms with Crippen LogP contribution in [0.1, 0.15) is 5.56 Å². The Hall–Kier alpha value is -7.21. The van der Waals surface area contributed by atoms with Gasteiger partial charge in [0, 0.05) is 22.0 Å². The summed E-state index contributed by atoms with van der Waals surface area (Å²) in [5.41, 5.74) is 13.0. The van der Waals surface area contributed by atoms with Gasteiger partial charge >= 0.3 is 0 Å². The van der Waals surface area contributed by atoms with Crippen LogP contribution in [0.5, 0.6) is 0 Å². The first kappa shape index (κ1) is 30.6. The van der Waals surface area contributed by atoms with Crippen molar-refractivity contribution in [3.63, 3.8) is 0 Å². The molecule has 1 heterocycles. The summed E-state index contributed by atoms with van der Waals surface area (Å²) < 4.78 is 2.31. The highest BCUT2D eigenvalue weighted by molar-refractivity contribution is 6.21. The summed E-state index contributed by atoms with van der Waals surface area (Å²) in [7, 11) is 0. The number of benzene rings is 9. The Morgan fingerprint density at radius 2 is 0.774 bits per heavy atom. The number of nitrogens with zero attached hydrogens (tertiary/aromatic N) is 2. The van der Waals surface area contributed by atoms with E-state index in [9.17, 15) is 5.26 Å². The Bertz CT molecular complexity index is 2940. The van der Waals surface area contributed by atoms with Gasteiger partial charge < -0.3 is 4.57 Å². The van der Waals surface area contributed by atoms with E-state index >= 15 is 0 Å². The van der Waals surface area contributed by atoms with E-state index < -0.39 is 0 Å². The molecule has 10 rings (SSSR count). The minimum atomic E-state index is 0.648. The molecule has 0 aliphatic heterocycles. The maximum absolute atomic E-state index is 10.4. The molecule has 0 unspecified atom stereocenters. The van der Waals surface area contributed by atoms with Gasteiger partial charge in [0.25, 0.3) is 0 Å². The molecule has 0 atom stereocenters. The van der Waals surface area contributed by atoms with Gasteiger partial charge in [-0.25, -0.2) is 0 Å². The van der Waals surface area contributed by atoms with Gasteiger partial charge in [-0.3, -0.25) is 0 Å². The van der Waals surface area contributed by atoms with Crippen LogP contribution in [0.15, 0.2) is 194 Å². The van der Waals surface area contributed by atoms with Gasteiger partial charge in [-0.1, -0.05) is 164 Å². The second-order valence-electron chi connectivity index (χ2n) is 13.5. The zero-order valence-corrected chi connectivity index (χ0v) is 28.9. The lowest BCUT2D eigenvalue weighted by Gasteiger charge is -2.18. The Balaban J connectivity index is 1.12. The quantitative estimate of drug-likeness (QED) is 0.167. The Morgan fingerprint density at radius 3 is 1.32 bits per heavy atom. The van der Waals surface area contributed by atoms with E-state index in [2.05, 4.69) is 199 Å². The first-order chi connectivity index (χ1) is 26.3. The Labute approximate surface area is 308 Å². The molecule has 0 amide bonds. The number of hydrogen-bond donors (Lipinski definition) is 0. The molecular formula is C51H32N2. The fourth-order valence-corrected chi connectivity index (χ4v) is 8.33. The van der Waals surface area contributed by atoms with Crippen LogP contribution >= 0.6 is 0 Å². The highest BCUT2D eigenvalue weighted by atomic mass is 15.0. The van der Waals surface area contributed by atoms with E-state index in [-0.39, 0.29) is 0 Å². The number of nitriles is 1. The molecule has 0 fully saturated rings. The SMILES string of the molecule is N#Cc1ccc(-n2c3ccccc3c3ccccc32)cc1-c1ccccc1-c1ccc(-c2c3ccccc3c(-c3ccccc3)c3ccccc23)cc1. The average molecular weight is 673 g/mol. The van der Waals surface area contributed by atoms with Gasteiger partial charge in [0.1, 0.15) is 0 Å². The molecule has 0 radical (unpaired) electrons. The number of rotatable bonds is 5. The largest absolute Gasteiger partial charge is 0.309 e. The summed E-state index contributed by atoms with van der Waals surface area (Å²) in [5, 5.41) is 17.8. The lowest BCUT2D eigenvalue weighted by molar-refractivity contribution is 1.18. The van der Waals surface area contributed by atoms with Crippen molar-refractivity contribution < 1.29 is 0 Å². The van der Waals surface area contributed by atoms with Crippen LogP contribution in [0.2, 0.25) is 0 Å². The van der Waals surface area contributed by atoms with Crippen LogP contribution < -0.4 is 0 Å². The summed E-state index contributed by atoms with van der Waals surface area (Å²) in [6.07, 6.45) is 0. The van der Waals surface area contributed by atoms with E-state index in [1.54, 1.807) is 0 Å². The molecule has 9 aromatic carbocycles. The molecular weight excluding hydrogens is 641 g/mol. The second kappa shape index (κ2) is 12.5.